The number of nitrogens with zero attached hydrogens (tertiary/aromatic N) is 2. The third-order valence-corrected chi connectivity index (χ3v) is 6.60. The summed E-state index contributed by atoms with van der Waals surface area (Å²) in [7, 11) is 0. The van der Waals surface area contributed by atoms with Gasteiger partial charge in [0.05, 0.1) is 12.1 Å². The van der Waals surface area contributed by atoms with Crippen molar-refractivity contribution < 1.29 is 10.2 Å². The summed E-state index contributed by atoms with van der Waals surface area (Å²) < 4.78 is 0. The topological polar surface area (TPSA) is 65.2 Å². The molecule has 1 aromatic rings. The first-order valence-corrected chi connectivity index (χ1v) is 12.4. The molecule has 4 nitrogen and oxygen atoms in total. The molecule has 2 aliphatic carbocycles. The van der Waals surface area contributed by atoms with E-state index in [1.807, 2.05) is 42.8 Å². The molecule has 0 spiro atoms. The van der Waals surface area contributed by atoms with Crippen LogP contribution in [0.2, 0.25) is 0 Å². The second kappa shape index (κ2) is 11.1. The summed E-state index contributed by atoms with van der Waals surface area (Å²) >= 11 is 0. The van der Waals surface area contributed by atoms with Crippen LogP contribution in [0.3, 0.4) is 0 Å². The maximum atomic E-state index is 10.8. The first kappa shape index (κ1) is 25.2. The van der Waals surface area contributed by atoms with Gasteiger partial charge < -0.3 is 10.2 Å². The van der Waals surface area contributed by atoms with Gasteiger partial charge in [0.15, 0.2) is 0 Å². The fourth-order valence-electron chi connectivity index (χ4n) is 4.63. The van der Waals surface area contributed by atoms with Crippen molar-refractivity contribution in [3.8, 4) is 5.75 Å². The van der Waals surface area contributed by atoms with Crippen molar-refractivity contribution in [2.24, 2.45) is 9.98 Å². The second-order valence-electron chi connectivity index (χ2n) is 10.4. The van der Waals surface area contributed by atoms with Crippen LogP contribution in [0.4, 0.5) is 0 Å². The molecule has 0 saturated heterocycles. The van der Waals surface area contributed by atoms with Gasteiger partial charge in [-0.2, -0.15) is 0 Å². The van der Waals surface area contributed by atoms with Crippen LogP contribution in [0.1, 0.15) is 83.8 Å². The summed E-state index contributed by atoms with van der Waals surface area (Å²) in [5.74, 6) is 0.310. The largest absolute Gasteiger partial charge is 0.507 e. The summed E-state index contributed by atoms with van der Waals surface area (Å²) in [6, 6.07) is 6.02. The lowest BCUT2D eigenvalue weighted by atomic mass is 9.85. The van der Waals surface area contributed by atoms with Crippen LogP contribution < -0.4 is 0 Å². The minimum absolute atomic E-state index is 0.0762. The van der Waals surface area contributed by atoms with Crippen LogP contribution in [0.25, 0.3) is 0 Å². The zero-order chi connectivity index (χ0) is 24.0. The molecular formula is C29H40N2O2. The second-order valence-corrected chi connectivity index (χ2v) is 10.4. The molecule has 2 aliphatic rings. The number of unbranched alkanes of at least 4 members (excludes halogenated alkanes) is 1. The molecule has 0 heterocycles. The number of hydrogen-bond acceptors (Lipinski definition) is 4. The first-order valence-electron chi connectivity index (χ1n) is 12.4. The lowest BCUT2D eigenvalue weighted by molar-refractivity contribution is 0.246. The van der Waals surface area contributed by atoms with Gasteiger partial charge in [-0.05, 0) is 60.0 Å². The van der Waals surface area contributed by atoms with E-state index < -0.39 is 6.10 Å². The van der Waals surface area contributed by atoms with E-state index in [1.165, 1.54) is 0 Å². The van der Waals surface area contributed by atoms with Crippen molar-refractivity contribution in [1.82, 2.24) is 0 Å². The summed E-state index contributed by atoms with van der Waals surface area (Å²) in [6.45, 7) is 12.5. The van der Waals surface area contributed by atoms with E-state index in [9.17, 15) is 10.2 Å². The van der Waals surface area contributed by atoms with E-state index in [0.717, 1.165) is 72.8 Å². The van der Waals surface area contributed by atoms with Crippen molar-refractivity contribution in [2.75, 3.05) is 0 Å². The van der Waals surface area contributed by atoms with Gasteiger partial charge in [-0.25, -0.2) is 0 Å². The lowest BCUT2D eigenvalue weighted by Gasteiger charge is -2.26. The van der Waals surface area contributed by atoms with Crippen LogP contribution in [-0.2, 0) is 5.41 Å². The Hall–Kier alpha value is -2.46. The van der Waals surface area contributed by atoms with Crippen LogP contribution >= 0.6 is 0 Å². The maximum absolute atomic E-state index is 10.8. The lowest BCUT2D eigenvalue weighted by Crippen LogP contribution is -2.28. The van der Waals surface area contributed by atoms with Gasteiger partial charge in [-0.3, -0.25) is 9.98 Å². The van der Waals surface area contributed by atoms with Crippen molar-refractivity contribution in [3.63, 3.8) is 0 Å². The van der Waals surface area contributed by atoms with Crippen molar-refractivity contribution in [1.29, 1.82) is 0 Å². The molecule has 0 radical (unpaired) electrons. The van der Waals surface area contributed by atoms with Gasteiger partial charge in [0.1, 0.15) is 11.9 Å². The number of aliphatic hydroxyl groups excluding tert-OH is 1. The molecule has 3 rings (SSSR count). The predicted octanol–water partition coefficient (Wildman–Crippen LogP) is 6.46. The Kier molecular flexibility index (Phi) is 8.47. The van der Waals surface area contributed by atoms with Gasteiger partial charge in [-0.15, -0.1) is 0 Å². The highest BCUT2D eigenvalue weighted by Gasteiger charge is 2.25. The molecule has 178 valence electrons. The minimum atomic E-state index is -0.603. The zero-order valence-corrected chi connectivity index (χ0v) is 20.7. The van der Waals surface area contributed by atoms with Crippen LogP contribution in [0, 0.1) is 0 Å². The van der Waals surface area contributed by atoms with E-state index in [2.05, 4.69) is 34.3 Å². The van der Waals surface area contributed by atoms with Gasteiger partial charge >= 0.3 is 0 Å². The minimum Gasteiger partial charge on any atom is -0.507 e. The number of benzene rings is 1. The number of aliphatic imine (C=N–C) groups is 2. The highest BCUT2D eigenvalue weighted by atomic mass is 16.3. The third-order valence-electron chi connectivity index (χ3n) is 6.60. The normalized spacial score (nSPS) is 24.4. The Morgan fingerprint density at radius 3 is 2.36 bits per heavy atom. The summed E-state index contributed by atoms with van der Waals surface area (Å²) in [4.78, 5) is 9.74. The Morgan fingerprint density at radius 2 is 1.73 bits per heavy atom. The average molecular weight is 449 g/mol. The smallest absolute Gasteiger partial charge is 0.128 e. The highest BCUT2D eigenvalue weighted by Crippen LogP contribution is 2.33. The van der Waals surface area contributed by atoms with Crippen LogP contribution in [-0.4, -0.2) is 40.8 Å². The molecule has 1 unspecified atom stereocenters. The summed E-state index contributed by atoms with van der Waals surface area (Å²) in [5.41, 5.74) is 4.31. The van der Waals surface area contributed by atoms with Gasteiger partial charge in [0.2, 0.25) is 0 Å². The fraction of sp³-hybridized carbons (Fsp3) is 0.517. The number of phenols is 1. The molecule has 1 aromatic carbocycles. The molecule has 3 atom stereocenters. The average Bonchev–Trinajstić information content (AvgIpc) is 2.77. The molecule has 33 heavy (non-hydrogen) atoms. The summed E-state index contributed by atoms with van der Waals surface area (Å²) in [5, 5.41) is 21.6. The van der Waals surface area contributed by atoms with Crippen molar-refractivity contribution >= 4 is 12.4 Å². The summed E-state index contributed by atoms with van der Waals surface area (Å²) in [6.07, 6.45) is 14.2. The van der Waals surface area contributed by atoms with Crippen molar-refractivity contribution in [3.05, 3.63) is 64.8 Å². The van der Waals surface area contributed by atoms with Crippen LogP contribution in [0.15, 0.2) is 63.6 Å². The van der Waals surface area contributed by atoms with Crippen molar-refractivity contribution in [2.45, 2.75) is 96.2 Å². The van der Waals surface area contributed by atoms with Crippen LogP contribution in [0.5, 0.6) is 5.75 Å². The first-order chi connectivity index (χ1) is 15.7. The van der Waals surface area contributed by atoms with Gasteiger partial charge in [-0.1, -0.05) is 71.7 Å². The quantitative estimate of drug-likeness (QED) is 0.470. The Labute approximate surface area is 199 Å². The molecule has 4 heteroatoms. The number of phenolic OH excluding ortho intramolecular Hbond substituents is 1. The molecule has 1 saturated carbocycles. The molecule has 2 N–H and O–H groups in total. The van der Waals surface area contributed by atoms with E-state index in [1.54, 1.807) is 0 Å². The van der Waals surface area contributed by atoms with E-state index in [-0.39, 0.29) is 17.5 Å². The number of hydrogen-bond donors (Lipinski definition) is 2. The predicted molar refractivity (Wildman–Crippen MR) is 140 cm³/mol. The number of aromatic hydroxyl groups is 1. The zero-order valence-electron chi connectivity index (χ0n) is 20.7. The SMILES string of the molecule is C=C1C=C(/C=N\[C@H]2CCCC[C@@H]2/N=C\c2cccc(C(C)(C)C)c2O)C(O)C(CCCC)=C1. The number of para-hydroxylation sites is 1. The standard InChI is InChI=1S/C29H40N2O2/c1-6-7-11-21-16-20(2)17-23(27(21)32)19-31-26-15-9-8-14-25(26)30-18-22-12-10-13-24(28(22)33)29(3,4)5/h10,12-13,16-19,25-27,32-33H,2,6-9,11,14-15H2,1,3-5H3/b30-18-,31-19-/t25-,26-,27?/m0/s1. The molecule has 0 amide bonds. The van der Waals surface area contributed by atoms with E-state index in [4.69, 9.17) is 9.98 Å². The van der Waals surface area contributed by atoms with Gasteiger partial charge in [0, 0.05) is 23.6 Å². The molecular weight excluding hydrogens is 408 g/mol. The third kappa shape index (κ3) is 6.54. The monoisotopic (exact) mass is 448 g/mol. The number of allylic oxidation sites excluding steroid dienone is 3. The Bertz CT molecular complexity index is 962. The molecule has 1 fully saturated rings. The Morgan fingerprint density at radius 1 is 1.06 bits per heavy atom. The molecule has 0 bridgehead atoms. The van der Waals surface area contributed by atoms with Gasteiger partial charge in [0.25, 0.3) is 0 Å². The number of aliphatic hydroxyl groups is 1. The van der Waals surface area contributed by atoms with E-state index in [0.29, 0.717) is 5.75 Å². The fourth-order valence-corrected chi connectivity index (χ4v) is 4.63. The Balaban J connectivity index is 1.75. The molecule has 0 aliphatic heterocycles. The highest BCUT2D eigenvalue weighted by molar-refractivity contribution is 5.85. The van der Waals surface area contributed by atoms with E-state index >= 15 is 0 Å². The maximum Gasteiger partial charge on any atom is 0.128 e. The number of rotatable bonds is 7. The molecule has 0 aromatic heterocycles.